The van der Waals surface area contributed by atoms with Gasteiger partial charge in [-0.1, -0.05) is 30.3 Å². The summed E-state index contributed by atoms with van der Waals surface area (Å²) in [5, 5.41) is 6.49. The van der Waals surface area contributed by atoms with Gasteiger partial charge in [0.2, 0.25) is 0 Å². The molecule has 1 N–H and O–H groups in total. The summed E-state index contributed by atoms with van der Waals surface area (Å²) in [6, 6.07) is 14.3. The summed E-state index contributed by atoms with van der Waals surface area (Å²) >= 11 is 5.03. The Morgan fingerprint density at radius 1 is 1.24 bits per heavy atom. The average Bonchev–Trinajstić information content (AvgIpc) is 3.15. The van der Waals surface area contributed by atoms with Gasteiger partial charge in [-0.15, -0.1) is 11.3 Å². The maximum atomic E-state index is 5.63. The summed E-state index contributed by atoms with van der Waals surface area (Å²) < 4.78 is 6.38. The van der Waals surface area contributed by atoms with Crippen molar-refractivity contribution >= 4 is 27.3 Å². The van der Waals surface area contributed by atoms with E-state index in [9.17, 15) is 0 Å². The molecule has 2 aromatic heterocycles. The molecule has 0 amide bonds. The summed E-state index contributed by atoms with van der Waals surface area (Å²) in [6.07, 6.45) is 0.813. The third kappa shape index (κ3) is 3.43. The predicted octanol–water partition coefficient (Wildman–Crippen LogP) is 4.67. The van der Waals surface area contributed by atoms with E-state index in [0.29, 0.717) is 0 Å². The second kappa shape index (κ2) is 6.56. The molecule has 2 heterocycles. The van der Waals surface area contributed by atoms with E-state index in [0.717, 1.165) is 33.1 Å². The number of thiazole rings is 1. The first kappa shape index (κ1) is 14.5. The molecule has 0 aliphatic rings. The summed E-state index contributed by atoms with van der Waals surface area (Å²) in [4.78, 5) is 4.73. The van der Waals surface area contributed by atoms with Gasteiger partial charge in [0.1, 0.15) is 5.76 Å². The van der Waals surface area contributed by atoms with Crippen LogP contribution in [0.15, 0.2) is 56.9 Å². The van der Waals surface area contributed by atoms with Gasteiger partial charge in [0.25, 0.3) is 0 Å². The molecule has 0 saturated heterocycles. The smallest absolute Gasteiger partial charge is 0.169 e. The largest absolute Gasteiger partial charge is 0.453 e. The molecule has 1 unspecified atom stereocenters. The van der Waals surface area contributed by atoms with Crippen LogP contribution in [0.3, 0.4) is 0 Å². The minimum absolute atomic E-state index is 0.131. The quantitative estimate of drug-likeness (QED) is 0.716. The van der Waals surface area contributed by atoms with Crippen molar-refractivity contribution < 1.29 is 4.42 Å². The van der Waals surface area contributed by atoms with Crippen molar-refractivity contribution in [2.24, 2.45) is 0 Å². The van der Waals surface area contributed by atoms with Gasteiger partial charge in [-0.3, -0.25) is 0 Å². The van der Waals surface area contributed by atoms with Crippen LogP contribution in [0.4, 0.5) is 0 Å². The predicted molar refractivity (Wildman–Crippen MR) is 89.5 cm³/mol. The third-order valence-corrected chi connectivity index (χ3v) is 4.58. The molecule has 21 heavy (non-hydrogen) atoms. The summed E-state index contributed by atoms with van der Waals surface area (Å²) in [7, 11) is 1.94. The first-order valence-electron chi connectivity index (χ1n) is 6.68. The number of furan rings is 1. The molecule has 0 aliphatic carbocycles. The maximum Gasteiger partial charge on any atom is 0.169 e. The minimum Gasteiger partial charge on any atom is -0.453 e. The number of hydrogen-bond donors (Lipinski definition) is 1. The standard InChI is InChI=1S/C16H15BrN2OS/c1-18-12(14-7-8-15(17)20-14)9-16-19-13(10-21-16)11-5-3-2-4-6-11/h2-8,10,12,18H,9H2,1H3. The lowest BCUT2D eigenvalue weighted by Gasteiger charge is -2.11. The number of likely N-dealkylation sites (N-methyl/N-ethyl adjacent to an activating group) is 1. The van der Waals surface area contributed by atoms with Crippen molar-refractivity contribution in [3.8, 4) is 11.3 Å². The Balaban J connectivity index is 1.77. The molecule has 1 aromatic carbocycles. The normalized spacial score (nSPS) is 12.5. The highest BCUT2D eigenvalue weighted by Crippen LogP contribution is 2.27. The topological polar surface area (TPSA) is 38.1 Å². The van der Waals surface area contributed by atoms with Gasteiger partial charge in [-0.05, 0) is 35.1 Å². The maximum absolute atomic E-state index is 5.63. The van der Waals surface area contributed by atoms with Gasteiger partial charge in [-0.2, -0.15) is 0 Å². The van der Waals surface area contributed by atoms with E-state index in [1.807, 2.05) is 37.4 Å². The Labute approximate surface area is 136 Å². The molecule has 5 heteroatoms. The zero-order chi connectivity index (χ0) is 14.7. The molecule has 1 atom stereocenters. The lowest BCUT2D eigenvalue weighted by Crippen LogP contribution is -2.18. The van der Waals surface area contributed by atoms with Crippen LogP contribution >= 0.6 is 27.3 Å². The molecular weight excluding hydrogens is 348 g/mol. The van der Waals surface area contributed by atoms with Gasteiger partial charge < -0.3 is 9.73 Å². The fourth-order valence-electron chi connectivity index (χ4n) is 2.18. The van der Waals surface area contributed by atoms with Gasteiger partial charge in [-0.25, -0.2) is 4.98 Å². The van der Waals surface area contributed by atoms with Crippen LogP contribution in [0, 0.1) is 0 Å². The molecule has 3 aromatic rings. The Morgan fingerprint density at radius 2 is 2.05 bits per heavy atom. The van der Waals surface area contributed by atoms with Gasteiger partial charge >= 0.3 is 0 Å². The van der Waals surface area contributed by atoms with Crippen molar-refractivity contribution in [1.82, 2.24) is 10.3 Å². The fraction of sp³-hybridized carbons (Fsp3) is 0.188. The van der Waals surface area contributed by atoms with Gasteiger partial charge in [0, 0.05) is 17.4 Å². The third-order valence-electron chi connectivity index (χ3n) is 3.29. The molecule has 0 radical (unpaired) electrons. The molecule has 0 saturated carbocycles. The van der Waals surface area contributed by atoms with E-state index in [4.69, 9.17) is 9.40 Å². The Bertz CT molecular complexity index is 708. The van der Waals surface area contributed by atoms with Crippen LogP contribution < -0.4 is 5.32 Å². The lowest BCUT2D eigenvalue weighted by atomic mass is 10.1. The second-order valence-electron chi connectivity index (χ2n) is 4.68. The highest BCUT2D eigenvalue weighted by molar-refractivity contribution is 9.10. The number of halogens is 1. The van der Waals surface area contributed by atoms with Crippen LogP contribution in [0.25, 0.3) is 11.3 Å². The van der Waals surface area contributed by atoms with E-state index in [-0.39, 0.29) is 6.04 Å². The Hall–Kier alpha value is -1.43. The van der Waals surface area contributed by atoms with Crippen LogP contribution in [0.1, 0.15) is 16.8 Å². The first-order valence-corrected chi connectivity index (χ1v) is 8.36. The first-order chi connectivity index (χ1) is 10.3. The summed E-state index contributed by atoms with van der Waals surface area (Å²) in [6.45, 7) is 0. The van der Waals surface area contributed by atoms with Crippen molar-refractivity contribution in [3.63, 3.8) is 0 Å². The molecule has 0 fully saturated rings. The molecule has 108 valence electrons. The highest BCUT2D eigenvalue weighted by atomic mass is 79.9. The monoisotopic (exact) mass is 362 g/mol. The molecule has 0 spiro atoms. The van der Waals surface area contributed by atoms with Crippen molar-refractivity contribution in [2.75, 3.05) is 7.05 Å². The molecular formula is C16H15BrN2OS. The average molecular weight is 363 g/mol. The Morgan fingerprint density at radius 3 is 2.71 bits per heavy atom. The Kier molecular flexibility index (Phi) is 4.53. The second-order valence-corrected chi connectivity index (χ2v) is 6.40. The highest BCUT2D eigenvalue weighted by Gasteiger charge is 2.16. The lowest BCUT2D eigenvalue weighted by molar-refractivity contribution is 0.416. The van der Waals surface area contributed by atoms with Crippen molar-refractivity contribution in [1.29, 1.82) is 0 Å². The van der Waals surface area contributed by atoms with E-state index >= 15 is 0 Å². The van der Waals surface area contributed by atoms with E-state index in [2.05, 4.69) is 38.8 Å². The number of benzene rings is 1. The molecule has 0 aliphatic heterocycles. The number of nitrogens with one attached hydrogen (secondary N) is 1. The van der Waals surface area contributed by atoms with Crippen LogP contribution in [0.2, 0.25) is 0 Å². The number of aromatic nitrogens is 1. The molecule has 3 rings (SSSR count). The summed E-state index contributed by atoms with van der Waals surface area (Å²) in [5.41, 5.74) is 2.19. The number of rotatable bonds is 5. The molecule has 0 bridgehead atoms. The van der Waals surface area contributed by atoms with Crippen LogP contribution in [-0.4, -0.2) is 12.0 Å². The zero-order valence-corrected chi connectivity index (χ0v) is 13.9. The van der Waals surface area contributed by atoms with E-state index in [1.165, 1.54) is 0 Å². The van der Waals surface area contributed by atoms with Gasteiger partial charge in [0.15, 0.2) is 4.67 Å². The fourth-order valence-corrected chi connectivity index (χ4v) is 3.35. The van der Waals surface area contributed by atoms with Crippen LogP contribution in [-0.2, 0) is 6.42 Å². The number of nitrogens with zero attached hydrogens (tertiary/aromatic N) is 1. The van der Waals surface area contributed by atoms with Crippen LogP contribution in [0.5, 0.6) is 0 Å². The minimum atomic E-state index is 0.131. The van der Waals surface area contributed by atoms with E-state index < -0.39 is 0 Å². The molecule has 3 nitrogen and oxygen atoms in total. The summed E-state index contributed by atoms with van der Waals surface area (Å²) in [5.74, 6) is 0.917. The zero-order valence-electron chi connectivity index (χ0n) is 11.5. The van der Waals surface area contributed by atoms with Gasteiger partial charge in [0.05, 0.1) is 16.7 Å². The van der Waals surface area contributed by atoms with Crippen molar-refractivity contribution in [2.45, 2.75) is 12.5 Å². The van der Waals surface area contributed by atoms with E-state index in [1.54, 1.807) is 11.3 Å². The number of hydrogen-bond acceptors (Lipinski definition) is 4. The SMILES string of the molecule is CNC(Cc1nc(-c2ccccc2)cs1)c1ccc(Br)o1. The van der Waals surface area contributed by atoms with Crippen molar-refractivity contribution in [3.05, 3.63) is 63.3 Å².